The number of benzene rings is 7. The van der Waals surface area contributed by atoms with E-state index in [1.165, 1.54) is 66.1 Å². The number of hydrogen-bond acceptors (Lipinski definition) is 1. The van der Waals surface area contributed by atoms with Crippen molar-refractivity contribution in [1.29, 1.82) is 0 Å². The molecule has 2 aliphatic carbocycles. The Hall–Kier alpha value is -7.82. The number of para-hydroxylation sites is 4. The van der Waals surface area contributed by atoms with Gasteiger partial charge in [-0.05, 0) is 115 Å². The van der Waals surface area contributed by atoms with E-state index in [9.17, 15) is 0 Å². The van der Waals surface area contributed by atoms with Crippen LogP contribution in [-0.4, -0.2) is 13.7 Å². The highest BCUT2D eigenvalue weighted by atomic mass is 15.1. The summed E-state index contributed by atoms with van der Waals surface area (Å²) in [5.41, 5.74) is 16.8. The summed E-state index contributed by atoms with van der Waals surface area (Å²) >= 11 is 0. The number of nitrogens with zero attached hydrogens (tertiary/aromatic N) is 4. The average Bonchev–Trinajstić information content (AvgIpc) is 3.72. The molecule has 2 aliphatic rings. The van der Waals surface area contributed by atoms with Crippen LogP contribution in [0.25, 0.3) is 72.8 Å². The van der Waals surface area contributed by atoms with Gasteiger partial charge in [-0.3, -0.25) is 0 Å². The van der Waals surface area contributed by atoms with Crippen LogP contribution >= 0.6 is 0 Å². The third-order valence-electron chi connectivity index (χ3n) is 12.4. The Bertz CT molecular complexity index is 3350. The Kier molecular flexibility index (Phi) is 7.95. The van der Waals surface area contributed by atoms with Crippen LogP contribution in [0, 0.1) is 0 Å². The number of fused-ring (bicyclic) bond motifs is 9. The molecule has 0 fully saturated rings. The van der Waals surface area contributed by atoms with Gasteiger partial charge in [0, 0.05) is 73.3 Å². The summed E-state index contributed by atoms with van der Waals surface area (Å²) in [6.07, 6.45) is 19.4. The van der Waals surface area contributed by atoms with Crippen LogP contribution in [0.2, 0.25) is 0 Å². The minimum absolute atomic E-state index is 0.877. The molecule has 3 heterocycles. The zero-order valence-electron chi connectivity index (χ0n) is 33.0. The van der Waals surface area contributed by atoms with Crippen molar-refractivity contribution < 1.29 is 0 Å². The maximum absolute atomic E-state index is 2.43. The van der Waals surface area contributed by atoms with Crippen LogP contribution in [0.4, 0.5) is 17.1 Å². The Morgan fingerprint density at radius 1 is 0.350 bits per heavy atom. The summed E-state index contributed by atoms with van der Waals surface area (Å²) in [5.74, 6) is 0. The standard InChI is InChI=1S/C56H40N4/c1-3-15-45-47-17-7-11-23-53(47)58(51(45)21-5-1)42-33-27-39(28-34-42)57(41-31-37-44(38-32-41)60-55-25-13-9-19-49(55)50-20-10-14-26-56(50)60)40-29-35-43(36-30-40)59-52-22-6-2-4-16-46(52)48-18-8-12-24-54(48)59/h1-15,17-20,22-38H,16,21H2. The van der Waals surface area contributed by atoms with Crippen LogP contribution in [0.3, 0.4) is 0 Å². The molecule has 0 atom stereocenters. The zero-order chi connectivity index (χ0) is 39.6. The first-order valence-corrected chi connectivity index (χ1v) is 20.8. The summed E-state index contributed by atoms with van der Waals surface area (Å²) in [5, 5.41) is 5.10. The molecule has 4 nitrogen and oxygen atoms in total. The van der Waals surface area contributed by atoms with Crippen molar-refractivity contribution in [3.8, 4) is 17.1 Å². The van der Waals surface area contributed by atoms with Gasteiger partial charge in [0.15, 0.2) is 0 Å². The summed E-state index contributed by atoms with van der Waals surface area (Å²) in [7, 11) is 0. The molecule has 0 saturated heterocycles. The number of aromatic nitrogens is 3. The predicted molar refractivity (Wildman–Crippen MR) is 253 cm³/mol. The van der Waals surface area contributed by atoms with Crippen molar-refractivity contribution in [2.45, 2.75) is 12.8 Å². The smallest absolute Gasteiger partial charge is 0.0541 e. The number of anilines is 3. The molecular weight excluding hydrogens is 729 g/mol. The fourth-order valence-corrected chi connectivity index (χ4v) is 9.72. The van der Waals surface area contributed by atoms with Crippen molar-refractivity contribution in [2.75, 3.05) is 4.90 Å². The van der Waals surface area contributed by atoms with E-state index in [4.69, 9.17) is 0 Å². The van der Waals surface area contributed by atoms with Gasteiger partial charge in [0.05, 0.1) is 27.8 Å². The SMILES string of the molecule is C1=CCc2c(n(-c3ccc(N(c4ccc(-n5c6c(c7ccccc75)C=CC=CC6)cc4)c4ccc(-n5c6ccccc6c6ccccc65)cc4)cc3)c3ccccc23)C=C1. The average molecular weight is 769 g/mol. The third kappa shape index (κ3) is 5.38. The minimum atomic E-state index is 0.877. The van der Waals surface area contributed by atoms with Gasteiger partial charge in [-0.25, -0.2) is 0 Å². The molecule has 0 unspecified atom stereocenters. The van der Waals surface area contributed by atoms with Gasteiger partial charge in [-0.1, -0.05) is 115 Å². The van der Waals surface area contributed by atoms with Crippen LogP contribution in [0.15, 0.2) is 206 Å². The first-order valence-electron chi connectivity index (χ1n) is 20.8. The number of allylic oxidation sites excluding steroid dienone is 6. The molecule has 0 N–H and O–H groups in total. The first kappa shape index (κ1) is 34.2. The molecule has 284 valence electrons. The number of hydrogen-bond donors (Lipinski definition) is 0. The number of rotatable bonds is 6. The van der Waals surface area contributed by atoms with Gasteiger partial charge in [-0.2, -0.15) is 0 Å². The molecule has 60 heavy (non-hydrogen) atoms. The molecule has 7 aromatic carbocycles. The van der Waals surface area contributed by atoms with Crippen molar-refractivity contribution in [1.82, 2.24) is 13.7 Å². The van der Waals surface area contributed by atoms with Crippen LogP contribution < -0.4 is 4.90 Å². The molecule has 0 saturated carbocycles. The molecule has 4 heteroatoms. The van der Waals surface area contributed by atoms with E-state index < -0.39 is 0 Å². The van der Waals surface area contributed by atoms with Crippen LogP contribution in [0.5, 0.6) is 0 Å². The van der Waals surface area contributed by atoms with Gasteiger partial charge < -0.3 is 18.6 Å². The Labute approximate surface area is 348 Å². The van der Waals surface area contributed by atoms with E-state index in [-0.39, 0.29) is 0 Å². The van der Waals surface area contributed by atoms with Crippen molar-refractivity contribution in [2.24, 2.45) is 0 Å². The lowest BCUT2D eigenvalue weighted by atomic mass is 10.1. The Morgan fingerprint density at radius 2 is 0.783 bits per heavy atom. The fraction of sp³-hybridized carbons (Fsp3) is 0.0357. The van der Waals surface area contributed by atoms with E-state index in [2.05, 4.69) is 237 Å². The lowest BCUT2D eigenvalue weighted by molar-refractivity contribution is 1.00. The second-order valence-corrected chi connectivity index (χ2v) is 15.7. The zero-order valence-corrected chi connectivity index (χ0v) is 33.0. The fourth-order valence-electron chi connectivity index (χ4n) is 9.72. The molecule has 0 amide bonds. The second kappa shape index (κ2) is 13.9. The summed E-state index contributed by atoms with van der Waals surface area (Å²) < 4.78 is 7.22. The lowest BCUT2D eigenvalue weighted by Gasteiger charge is -2.26. The highest BCUT2D eigenvalue weighted by Gasteiger charge is 2.21. The molecule has 3 aromatic heterocycles. The van der Waals surface area contributed by atoms with Crippen LogP contribution in [0.1, 0.15) is 22.5 Å². The maximum atomic E-state index is 2.43. The van der Waals surface area contributed by atoms with Gasteiger partial charge in [-0.15, -0.1) is 0 Å². The highest BCUT2D eigenvalue weighted by Crippen LogP contribution is 2.40. The Morgan fingerprint density at radius 3 is 1.37 bits per heavy atom. The summed E-state index contributed by atoms with van der Waals surface area (Å²) in [4.78, 5) is 2.38. The molecular formula is C56H40N4. The summed E-state index contributed by atoms with van der Waals surface area (Å²) in [6.45, 7) is 0. The van der Waals surface area contributed by atoms with E-state index in [0.717, 1.165) is 47.0 Å². The summed E-state index contributed by atoms with van der Waals surface area (Å²) in [6, 6.07) is 62.1. The first-order chi connectivity index (χ1) is 29.8. The third-order valence-corrected chi connectivity index (χ3v) is 12.4. The largest absolute Gasteiger partial charge is 0.313 e. The second-order valence-electron chi connectivity index (χ2n) is 15.7. The quantitative estimate of drug-likeness (QED) is 0.165. The monoisotopic (exact) mass is 768 g/mol. The van der Waals surface area contributed by atoms with E-state index in [1.54, 1.807) is 0 Å². The molecule has 0 spiro atoms. The Balaban J connectivity index is 0.987. The topological polar surface area (TPSA) is 18.0 Å². The van der Waals surface area contributed by atoms with Crippen LogP contribution in [-0.2, 0) is 12.8 Å². The molecule has 0 bridgehead atoms. The van der Waals surface area contributed by atoms with Crippen molar-refractivity contribution in [3.05, 3.63) is 229 Å². The van der Waals surface area contributed by atoms with E-state index >= 15 is 0 Å². The minimum Gasteiger partial charge on any atom is -0.313 e. The highest BCUT2D eigenvalue weighted by molar-refractivity contribution is 6.09. The van der Waals surface area contributed by atoms with Crippen molar-refractivity contribution >= 4 is 72.8 Å². The molecule has 0 radical (unpaired) electrons. The van der Waals surface area contributed by atoms with Crippen molar-refractivity contribution in [3.63, 3.8) is 0 Å². The van der Waals surface area contributed by atoms with Gasteiger partial charge in [0.25, 0.3) is 0 Å². The normalized spacial score (nSPS) is 13.3. The van der Waals surface area contributed by atoms with Gasteiger partial charge >= 0.3 is 0 Å². The molecule has 10 aromatic rings. The van der Waals surface area contributed by atoms with Gasteiger partial charge in [0.2, 0.25) is 0 Å². The maximum Gasteiger partial charge on any atom is 0.0541 e. The van der Waals surface area contributed by atoms with E-state index in [0.29, 0.717) is 0 Å². The molecule has 0 aliphatic heterocycles. The van der Waals surface area contributed by atoms with E-state index in [1.807, 2.05) is 0 Å². The molecule has 12 rings (SSSR count). The predicted octanol–water partition coefficient (Wildman–Crippen LogP) is 14.4. The van der Waals surface area contributed by atoms with Gasteiger partial charge in [0.1, 0.15) is 0 Å². The lowest BCUT2D eigenvalue weighted by Crippen LogP contribution is -2.11.